The van der Waals surface area contributed by atoms with E-state index in [0.29, 0.717) is 11.3 Å². The minimum atomic E-state index is 0.313. The van der Waals surface area contributed by atoms with E-state index in [1.807, 2.05) is 19.0 Å². The molecule has 5 nitrogen and oxygen atoms in total. The zero-order valence-electron chi connectivity index (χ0n) is 13.6. The molecule has 1 aliphatic heterocycles. The summed E-state index contributed by atoms with van der Waals surface area (Å²) >= 11 is 0. The molecule has 2 rings (SSSR count). The maximum atomic E-state index is 4.68. The van der Waals surface area contributed by atoms with Crippen molar-refractivity contribution in [3.63, 3.8) is 0 Å². The van der Waals surface area contributed by atoms with Crippen molar-refractivity contribution in [2.45, 2.75) is 46.5 Å². The normalized spacial score (nSPS) is 18.4. The van der Waals surface area contributed by atoms with Crippen LogP contribution in [-0.4, -0.2) is 42.1 Å². The Morgan fingerprint density at radius 1 is 1.15 bits per heavy atom. The van der Waals surface area contributed by atoms with E-state index in [0.717, 1.165) is 30.8 Å². The Bertz CT molecular complexity index is 441. The van der Waals surface area contributed by atoms with Crippen molar-refractivity contribution < 1.29 is 0 Å². The van der Waals surface area contributed by atoms with Gasteiger partial charge >= 0.3 is 0 Å². The van der Waals surface area contributed by atoms with Gasteiger partial charge in [0, 0.05) is 33.1 Å². The first-order chi connectivity index (χ1) is 9.28. The molecule has 20 heavy (non-hydrogen) atoms. The van der Waals surface area contributed by atoms with E-state index >= 15 is 0 Å². The molecule has 0 radical (unpaired) electrons. The van der Waals surface area contributed by atoms with Gasteiger partial charge in [-0.15, -0.1) is 0 Å². The molecule has 1 saturated heterocycles. The molecule has 1 aromatic heterocycles. The number of rotatable bonds is 3. The predicted molar refractivity (Wildman–Crippen MR) is 83.5 cm³/mol. The number of hydrogen-bond acceptors (Lipinski definition) is 5. The van der Waals surface area contributed by atoms with Gasteiger partial charge in [-0.05, 0) is 18.3 Å². The Labute approximate surface area is 122 Å². The fourth-order valence-electron chi connectivity index (χ4n) is 2.56. The van der Waals surface area contributed by atoms with Crippen LogP contribution in [-0.2, 0) is 0 Å². The lowest BCUT2D eigenvalue weighted by molar-refractivity contribution is 0.290. The Balaban J connectivity index is 2.35. The minimum Gasteiger partial charge on any atom is -0.347 e. The number of hydrogen-bond donors (Lipinski definition) is 0. The van der Waals surface area contributed by atoms with Gasteiger partial charge in [-0.1, -0.05) is 27.7 Å². The molecule has 5 heteroatoms. The average molecular weight is 277 g/mol. The van der Waals surface area contributed by atoms with Crippen LogP contribution in [0.15, 0.2) is 0 Å². The summed E-state index contributed by atoms with van der Waals surface area (Å²) in [4.78, 5) is 18.1. The van der Waals surface area contributed by atoms with Gasteiger partial charge in [-0.2, -0.15) is 15.0 Å². The minimum absolute atomic E-state index is 0.313. The van der Waals surface area contributed by atoms with E-state index < -0.39 is 0 Å². The molecule has 1 aliphatic rings. The highest BCUT2D eigenvalue weighted by Gasteiger charge is 2.28. The molecule has 2 heterocycles. The van der Waals surface area contributed by atoms with Crippen LogP contribution in [0.5, 0.6) is 0 Å². The third kappa shape index (κ3) is 3.38. The van der Waals surface area contributed by atoms with Crippen molar-refractivity contribution in [1.82, 2.24) is 15.0 Å². The monoisotopic (exact) mass is 277 g/mol. The third-order valence-electron chi connectivity index (χ3n) is 3.73. The molecule has 0 spiro atoms. The van der Waals surface area contributed by atoms with Gasteiger partial charge in [0.05, 0.1) is 0 Å². The van der Waals surface area contributed by atoms with Gasteiger partial charge in [0.2, 0.25) is 11.9 Å². The van der Waals surface area contributed by atoms with Crippen molar-refractivity contribution in [1.29, 1.82) is 0 Å². The zero-order chi connectivity index (χ0) is 14.9. The predicted octanol–water partition coefficient (Wildman–Crippen LogP) is 2.69. The van der Waals surface area contributed by atoms with Crippen LogP contribution >= 0.6 is 0 Å². The summed E-state index contributed by atoms with van der Waals surface area (Å²) in [6.45, 7) is 10.9. The number of aromatic nitrogens is 3. The van der Waals surface area contributed by atoms with Crippen LogP contribution < -0.4 is 9.80 Å². The van der Waals surface area contributed by atoms with Gasteiger partial charge in [-0.25, -0.2) is 0 Å². The summed E-state index contributed by atoms with van der Waals surface area (Å²) in [7, 11) is 3.95. The van der Waals surface area contributed by atoms with Crippen LogP contribution in [0.3, 0.4) is 0 Å². The summed E-state index contributed by atoms with van der Waals surface area (Å²) < 4.78 is 0. The quantitative estimate of drug-likeness (QED) is 0.850. The first-order valence-corrected chi connectivity index (χ1v) is 7.47. The highest BCUT2D eigenvalue weighted by Crippen LogP contribution is 2.30. The number of nitrogens with zero attached hydrogens (tertiary/aromatic N) is 5. The summed E-state index contributed by atoms with van der Waals surface area (Å²) in [5.74, 6) is 2.78. The molecule has 0 unspecified atom stereocenters. The lowest BCUT2D eigenvalue weighted by atomic mass is 9.84. The topological polar surface area (TPSA) is 45.2 Å². The maximum absolute atomic E-state index is 4.68. The van der Waals surface area contributed by atoms with E-state index in [1.54, 1.807) is 0 Å². The first-order valence-electron chi connectivity index (χ1n) is 7.47. The Kier molecular flexibility index (Phi) is 4.16. The average Bonchev–Trinajstić information content (AvgIpc) is 2.36. The Morgan fingerprint density at radius 3 is 2.40 bits per heavy atom. The van der Waals surface area contributed by atoms with Crippen molar-refractivity contribution in [2.24, 2.45) is 5.41 Å². The molecule has 0 aromatic carbocycles. The second kappa shape index (κ2) is 5.54. The van der Waals surface area contributed by atoms with E-state index in [2.05, 4.69) is 47.5 Å². The molecule has 0 saturated carbocycles. The summed E-state index contributed by atoms with van der Waals surface area (Å²) in [6, 6.07) is 0. The van der Waals surface area contributed by atoms with Crippen LogP contribution in [0, 0.1) is 5.41 Å². The molecular weight excluding hydrogens is 250 g/mol. The molecule has 112 valence electrons. The molecular formula is C15H27N5. The molecule has 0 atom stereocenters. The van der Waals surface area contributed by atoms with Gasteiger partial charge in [0.25, 0.3) is 0 Å². The molecule has 0 aliphatic carbocycles. The van der Waals surface area contributed by atoms with Crippen LogP contribution in [0.4, 0.5) is 11.9 Å². The fraction of sp³-hybridized carbons (Fsp3) is 0.800. The van der Waals surface area contributed by atoms with Gasteiger partial charge in [0.1, 0.15) is 5.82 Å². The molecule has 0 bridgehead atoms. The maximum Gasteiger partial charge on any atom is 0.230 e. The Morgan fingerprint density at radius 2 is 1.85 bits per heavy atom. The highest BCUT2D eigenvalue weighted by molar-refractivity contribution is 5.39. The molecule has 0 N–H and O–H groups in total. The summed E-state index contributed by atoms with van der Waals surface area (Å²) in [5, 5.41) is 0. The lowest BCUT2D eigenvalue weighted by Crippen LogP contribution is -2.41. The van der Waals surface area contributed by atoms with E-state index in [4.69, 9.17) is 0 Å². The van der Waals surface area contributed by atoms with Crippen molar-refractivity contribution in [3.05, 3.63) is 5.82 Å². The SMILES string of the molecule is CC(C)c1nc(N(C)C)nc(N2CCCC(C)(C)C2)n1. The van der Waals surface area contributed by atoms with Crippen molar-refractivity contribution in [2.75, 3.05) is 37.0 Å². The second-order valence-electron chi connectivity index (χ2n) is 7.03. The fourth-order valence-corrected chi connectivity index (χ4v) is 2.56. The van der Waals surface area contributed by atoms with Gasteiger partial charge in [0.15, 0.2) is 0 Å². The number of anilines is 2. The molecule has 1 aromatic rings. The van der Waals surface area contributed by atoms with E-state index in [9.17, 15) is 0 Å². The van der Waals surface area contributed by atoms with Crippen LogP contribution in [0.2, 0.25) is 0 Å². The van der Waals surface area contributed by atoms with Crippen molar-refractivity contribution in [3.8, 4) is 0 Å². The number of piperidine rings is 1. The second-order valence-corrected chi connectivity index (χ2v) is 7.03. The van der Waals surface area contributed by atoms with Crippen LogP contribution in [0.25, 0.3) is 0 Å². The first kappa shape index (κ1) is 15.0. The summed E-state index contributed by atoms with van der Waals surface area (Å²) in [6.07, 6.45) is 2.47. The summed E-state index contributed by atoms with van der Waals surface area (Å²) in [5.41, 5.74) is 0.334. The molecule has 0 amide bonds. The van der Waals surface area contributed by atoms with Gasteiger partial charge < -0.3 is 9.80 Å². The zero-order valence-corrected chi connectivity index (χ0v) is 13.6. The van der Waals surface area contributed by atoms with Gasteiger partial charge in [-0.3, -0.25) is 0 Å². The highest BCUT2D eigenvalue weighted by atomic mass is 15.3. The molecule has 1 fully saturated rings. The van der Waals surface area contributed by atoms with Crippen molar-refractivity contribution >= 4 is 11.9 Å². The van der Waals surface area contributed by atoms with Crippen LogP contribution in [0.1, 0.15) is 52.3 Å². The standard InChI is InChI=1S/C15H27N5/c1-11(2)12-16-13(19(5)6)18-14(17-12)20-9-7-8-15(3,4)10-20/h11H,7-10H2,1-6H3. The Hall–Kier alpha value is -1.39. The lowest BCUT2D eigenvalue weighted by Gasteiger charge is -2.38. The van der Waals surface area contributed by atoms with E-state index in [1.165, 1.54) is 12.8 Å². The van der Waals surface area contributed by atoms with E-state index in [-0.39, 0.29) is 0 Å². The third-order valence-corrected chi connectivity index (χ3v) is 3.73. The largest absolute Gasteiger partial charge is 0.347 e. The smallest absolute Gasteiger partial charge is 0.230 e.